The van der Waals surface area contributed by atoms with Gasteiger partial charge in [-0.25, -0.2) is 0 Å². The Morgan fingerprint density at radius 1 is 0.864 bits per heavy atom. The summed E-state index contributed by atoms with van der Waals surface area (Å²) >= 11 is 0. The van der Waals surface area contributed by atoms with Crippen molar-refractivity contribution in [1.29, 1.82) is 0 Å². The number of hydrogen-bond acceptors (Lipinski definition) is 2. The summed E-state index contributed by atoms with van der Waals surface area (Å²) < 4.78 is 0. The van der Waals surface area contributed by atoms with Gasteiger partial charge >= 0.3 is 35.5 Å². The van der Waals surface area contributed by atoms with Crippen LogP contribution >= 0.6 is 0 Å². The van der Waals surface area contributed by atoms with Gasteiger partial charge in [-0.1, -0.05) is 71.1 Å². The maximum Gasteiger partial charge on any atom is 1.00 e. The van der Waals surface area contributed by atoms with Crippen molar-refractivity contribution in [3.05, 3.63) is 0 Å². The molecule has 4 nitrogen and oxygen atoms in total. The van der Waals surface area contributed by atoms with Crippen LogP contribution in [0.2, 0.25) is 0 Å². The van der Waals surface area contributed by atoms with E-state index in [-0.39, 0.29) is 35.5 Å². The Bertz CT molecular complexity index is 285. The Hall–Kier alpha value is -0.0600. The molecule has 0 aliphatic heterocycles. The quantitative estimate of drug-likeness (QED) is 0.374. The first kappa shape index (κ1) is 24.2. The SMILES string of the molecule is CCCCCCCCCCCCCC(=O)NC(C)C(=O)O.[Na+]. The molecule has 0 aromatic carbocycles. The molecule has 1 amide bonds. The predicted octanol–water partition coefficient (Wildman–Crippen LogP) is 1.28. The Labute approximate surface area is 158 Å². The molecule has 0 aliphatic carbocycles. The Morgan fingerprint density at radius 3 is 1.68 bits per heavy atom. The minimum Gasteiger partial charge on any atom is -0.480 e. The van der Waals surface area contributed by atoms with Gasteiger partial charge in [0.1, 0.15) is 6.04 Å². The molecule has 0 radical (unpaired) electrons. The zero-order chi connectivity index (χ0) is 15.9. The van der Waals surface area contributed by atoms with Crippen molar-refractivity contribution in [1.82, 2.24) is 5.32 Å². The van der Waals surface area contributed by atoms with Crippen LogP contribution in [-0.4, -0.2) is 23.0 Å². The van der Waals surface area contributed by atoms with Crippen LogP contribution in [0.3, 0.4) is 0 Å². The maximum atomic E-state index is 11.4. The van der Waals surface area contributed by atoms with Crippen LogP contribution < -0.4 is 34.9 Å². The molecular formula is C17H33NNaO3+. The third kappa shape index (κ3) is 16.3. The summed E-state index contributed by atoms with van der Waals surface area (Å²) in [5, 5.41) is 11.2. The zero-order valence-corrected chi connectivity index (χ0v) is 16.8. The van der Waals surface area contributed by atoms with E-state index in [1.807, 2.05) is 0 Å². The average Bonchev–Trinajstić information content (AvgIpc) is 2.44. The van der Waals surface area contributed by atoms with Gasteiger partial charge in [-0.2, -0.15) is 0 Å². The standard InChI is InChI=1S/C17H33NO3.Na/c1-3-4-5-6-7-8-9-10-11-12-13-14-16(19)18-15(2)17(20)21;/h15H,3-14H2,1-2H3,(H,18,19)(H,20,21);/q;+1. The molecule has 0 aromatic rings. The minimum absolute atomic E-state index is 0. The number of carboxylic acid groups (broad SMARTS) is 1. The summed E-state index contributed by atoms with van der Waals surface area (Å²) in [6.07, 6.45) is 14.2. The van der Waals surface area contributed by atoms with E-state index in [1.165, 1.54) is 64.7 Å². The molecule has 0 bridgehead atoms. The van der Waals surface area contributed by atoms with Crippen LogP contribution in [0.4, 0.5) is 0 Å². The smallest absolute Gasteiger partial charge is 0.480 e. The van der Waals surface area contributed by atoms with Gasteiger partial charge in [0.15, 0.2) is 0 Å². The van der Waals surface area contributed by atoms with E-state index in [0.29, 0.717) is 6.42 Å². The molecule has 0 aromatic heterocycles. The van der Waals surface area contributed by atoms with E-state index in [4.69, 9.17) is 5.11 Å². The third-order valence-corrected chi connectivity index (χ3v) is 3.76. The monoisotopic (exact) mass is 322 g/mol. The number of amides is 1. The first-order valence-electron chi connectivity index (χ1n) is 8.60. The fraction of sp³-hybridized carbons (Fsp3) is 0.882. The number of carbonyl (C=O) groups is 2. The fourth-order valence-corrected chi connectivity index (χ4v) is 2.33. The topological polar surface area (TPSA) is 66.4 Å². The van der Waals surface area contributed by atoms with Crippen molar-refractivity contribution >= 4 is 11.9 Å². The molecular weight excluding hydrogens is 289 g/mol. The van der Waals surface area contributed by atoms with E-state index < -0.39 is 12.0 Å². The molecule has 2 N–H and O–H groups in total. The third-order valence-electron chi connectivity index (χ3n) is 3.76. The predicted molar refractivity (Wildman–Crippen MR) is 86.3 cm³/mol. The molecule has 1 unspecified atom stereocenters. The molecule has 0 aliphatic rings. The van der Waals surface area contributed by atoms with Crippen molar-refractivity contribution in [3.63, 3.8) is 0 Å². The second-order valence-corrected chi connectivity index (χ2v) is 5.91. The Kier molecular flexibility index (Phi) is 19.0. The second-order valence-electron chi connectivity index (χ2n) is 5.91. The van der Waals surface area contributed by atoms with Gasteiger partial charge in [0.05, 0.1) is 0 Å². The van der Waals surface area contributed by atoms with Crippen LogP contribution in [0, 0.1) is 0 Å². The van der Waals surface area contributed by atoms with Crippen LogP contribution in [0.5, 0.6) is 0 Å². The number of carboxylic acids is 1. The normalized spacial score (nSPS) is 11.5. The number of rotatable bonds is 14. The zero-order valence-electron chi connectivity index (χ0n) is 14.8. The van der Waals surface area contributed by atoms with Gasteiger partial charge < -0.3 is 10.4 Å². The van der Waals surface area contributed by atoms with Crippen molar-refractivity contribution in [2.75, 3.05) is 0 Å². The summed E-state index contributed by atoms with van der Waals surface area (Å²) in [5.41, 5.74) is 0. The number of nitrogens with one attached hydrogen (secondary N) is 1. The molecule has 5 heteroatoms. The van der Waals surface area contributed by atoms with Gasteiger partial charge in [0, 0.05) is 6.42 Å². The largest absolute Gasteiger partial charge is 1.00 e. The van der Waals surface area contributed by atoms with E-state index in [1.54, 1.807) is 0 Å². The fourth-order valence-electron chi connectivity index (χ4n) is 2.33. The van der Waals surface area contributed by atoms with Gasteiger partial charge in [0.25, 0.3) is 0 Å². The number of hydrogen-bond donors (Lipinski definition) is 2. The van der Waals surface area contributed by atoms with Crippen LogP contribution in [0.1, 0.15) is 90.9 Å². The van der Waals surface area contributed by atoms with E-state index in [0.717, 1.165) is 12.8 Å². The summed E-state index contributed by atoms with van der Waals surface area (Å²) in [7, 11) is 0. The molecule has 0 fully saturated rings. The summed E-state index contributed by atoms with van der Waals surface area (Å²) in [5.74, 6) is -1.14. The maximum absolute atomic E-state index is 11.4. The van der Waals surface area contributed by atoms with Crippen molar-refractivity contribution in [2.24, 2.45) is 0 Å². The number of unbranched alkanes of at least 4 members (excludes halogenated alkanes) is 10. The summed E-state index contributed by atoms with van der Waals surface area (Å²) in [6, 6.07) is -0.787. The van der Waals surface area contributed by atoms with Crippen LogP contribution in [0.25, 0.3) is 0 Å². The van der Waals surface area contributed by atoms with Gasteiger partial charge in [0.2, 0.25) is 5.91 Å². The molecule has 1 atom stereocenters. The Morgan fingerprint density at radius 2 is 1.27 bits per heavy atom. The van der Waals surface area contributed by atoms with Crippen molar-refractivity contribution in [3.8, 4) is 0 Å². The van der Waals surface area contributed by atoms with Crippen LogP contribution in [0.15, 0.2) is 0 Å². The van der Waals surface area contributed by atoms with Crippen molar-refractivity contribution in [2.45, 2.75) is 96.9 Å². The second kappa shape index (κ2) is 17.3. The summed E-state index contributed by atoms with van der Waals surface area (Å²) in [6.45, 7) is 3.73. The first-order chi connectivity index (χ1) is 10.1. The molecule has 22 heavy (non-hydrogen) atoms. The molecule has 0 saturated heterocycles. The van der Waals surface area contributed by atoms with Gasteiger partial charge in [-0.3, -0.25) is 9.59 Å². The molecule has 0 spiro atoms. The molecule has 0 rings (SSSR count). The molecule has 124 valence electrons. The minimum atomic E-state index is -0.984. The van der Waals surface area contributed by atoms with Crippen molar-refractivity contribution < 1.29 is 44.3 Å². The van der Waals surface area contributed by atoms with Gasteiger partial charge in [-0.05, 0) is 13.3 Å². The van der Waals surface area contributed by atoms with E-state index in [9.17, 15) is 9.59 Å². The number of carbonyl (C=O) groups excluding carboxylic acids is 1. The van der Waals surface area contributed by atoms with Crippen LogP contribution in [-0.2, 0) is 9.59 Å². The van der Waals surface area contributed by atoms with E-state index in [2.05, 4.69) is 12.2 Å². The molecule has 0 saturated carbocycles. The number of aliphatic carboxylic acids is 1. The first-order valence-corrected chi connectivity index (χ1v) is 8.60. The average molecular weight is 322 g/mol. The molecule has 0 heterocycles. The van der Waals surface area contributed by atoms with Gasteiger partial charge in [-0.15, -0.1) is 0 Å². The van der Waals surface area contributed by atoms with E-state index >= 15 is 0 Å². The summed E-state index contributed by atoms with van der Waals surface area (Å²) in [4.78, 5) is 22.0. The Balaban J connectivity index is 0.